The number of methoxy groups -OCH3 is 1. The summed E-state index contributed by atoms with van der Waals surface area (Å²) >= 11 is 0. The fourth-order valence-electron chi connectivity index (χ4n) is 4.26. The molecule has 3 aromatic carbocycles. The number of anilines is 1. The van der Waals surface area contributed by atoms with E-state index < -0.39 is 46.2 Å². The van der Waals surface area contributed by atoms with Gasteiger partial charge >= 0.3 is 6.18 Å². The van der Waals surface area contributed by atoms with Crippen molar-refractivity contribution in [3.8, 4) is 5.75 Å². The van der Waals surface area contributed by atoms with Crippen LogP contribution >= 0.6 is 0 Å². The molecule has 0 spiro atoms. The molecule has 41 heavy (non-hydrogen) atoms. The van der Waals surface area contributed by atoms with Crippen LogP contribution in [0.3, 0.4) is 0 Å². The minimum atomic E-state index is -4.75. The van der Waals surface area contributed by atoms with E-state index in [1.54, 1.807) is 50.2 Å². The second-order valence-corrected chi connectivity index (χ2v) is 11.1. The first kappa shape index (κ1) is 31.5. The minimum absolute atomic E-state index is 0.0804. The summed E-state index contributed by atoms with van der Waals surface area (Å²) in [6.45, 7) is 2.52. The number of likely N-dealkylation sites (N-methyl/N-ethyl adjacent to an activating group) is 1. The van der Waals surface area contributed by atoms with Gasteiger partial charge in [-0.1, -0.05) is 42.8 Å². The topological polar surface area (TPSA) is 96.0 Å². The van der Waals surface area contributed by atoms with Crippen LogP contribution in [0.1, 0.15) is 30.0 Å². The Morgan fingerprint density at radius 2 is 1.66 bits per heavy atom. The lowest BCUT2D eigenvalue weighted by atomic mass is 10.1. The number of hydrogen-bond donors (Lipinski definition) is 1. The summed E-state index contributed by atoms with van der Waals surface area (Å²) in [4.78, 5) is 27.7. The molecule has 3 rings (SSSR count). The van der Waals surface area contributed by atoms with Crippen LogP contribution in [-0.4, -0.2) is 51.9 Å². The first-order valence-corrected chi connectivity index (χ1v) is 14.2. The van der Waals surface area contributed by atoms with Crippen LogP contribution in [0.15, 0.2) is 77.7 Å². The highest BCUT2D eigenvalue weighted by Crippen LogP contribution is 2.33. The third-order valence-corrected chi connectivity index (χ3v) is 8.26. The first-order chi connectivity index (χ1) is 19.3. The van der Waals surface area contributed by atoms with Crippen LogP contribution < -0.4 is 14.4 Å². The number of nitrogens with one attached hydrogen (secondary N) is 1. The predicted molar refractivity (Wildman–Crippen MR) is 149 cm³/mol. The molecular weight excluding hydrogens is 559 g/mol. The standard InChI is InChI=1S/C29H32F3N3O5S/c1-5-26(28(37)33-3)34(18-21-8-6-11-24(16-21)40-4)27(36)19-35(23-10-7-9-22(17-23)29(30,31)32)41(38,39)25-14-12-20(2)13-15-25/h6-17,26H,5,18-19H2,1-4H3,(H,33,37). The molecule has 1 atom stereocenters. The molecular formula is C29H32F3N3O5S. The average molecular weight is 592 g/mol. The van der Waals surface area contributed by atoms with Gasteiger partial charge in [0, 0.05) is 13.6 Å². The predicted octanol–water partition coefficient (Wildman–Crippen LogP) is 4.77. The molecule has 0 heterocycles. The fraction of sp³-hybridized carbons (Fsp3) is 0.310. The Bertz CT molecular complexity index is 1480. The van der Waals surface area contributed by atoms with E-state index in [9.17, 15) is 31.2 Å². The molecule has 0 aliphatic carbocycles. The number of amides is 2. The third kappa shape index (κ3) is 7.57. The average Bonchev–Trinajstić information content (AvgIpc) is 2.95. The Morgan fingerprint density at radius 1 is 1.00 bits per heavy atom. The summed E-state index contributed by atoms with van der Waals surface area (Å²) in [5, 5.41) is 2.52. The maximum atomic E-state index is 13.9. The molecule has 0 radical (unpaired) electrons. The molecule has 1 N–H and O–H groups in total. The number of rotatable bonds is 11. The number of benzene rings is 3. The molecule has 1 unspecified atom stereocenters. The van der Waals surface area contributed by atoms with Gasteiger partial charge in [0.05, 0.1) is 23.3 Å². The van der Waals surface area contributed by atoms with Gasteiger partial charge in [-0.25, -0.2) is 8.42 Å². The molecule has 0 fully saturated rings. The van der Waals surface area contributed by atoms with E-state index >= 15 is 0 Å². The van der Waals surface area contributed by atoms with Gasteiger partial charge in [-0.3, -0.25) is 13.9 Å². The van der Waals surface area contributed by atoms with E-state index in [0.717, 1.165) is 17.7 Å². The van der Waals surface area contributed by atoms with Gasteiger partial charge in [0.2, 0.25) is 11.8 Å². The molecule has 0 saturated heterocycles. The number of carbonyl (C=O) groups excluding carboxylic acids is 2. The second-order valence-electron chi connectivity index (χ2n) is 9.28. The van der Waals surface area contributed by atoms with E-state index in [1.807, 2.05) is 0 Å². The van der Waals surface area contributed by atoms with Gasteiger partial charge in [-0.2, -0.15) is 13.2 Å². The van der Waals surface area contributed by atoms with Gasteiger partial charge in [0.25, 0.3) is 10.0 Å². The van der Waals surface area contributed by atoms with Crippen LogP contribution in [0.25, 0.3) is 0 Å². The van der Waals surface area contributed by atoms with Crippen LogP contribution in [0, 0.1) is 6.92 Å². The highest BCUT2D eigenvalue weighted by atomic mass is 32.2. The van der Waals surface area contributed by atoms with E-state index in [1.165, 1.54) is 37.3 Å². The van der Waals surface area contributed by atoms with Crippen molar-refractivity contribution in [1.82, 2.24) is 10.2 Å². The van der Waals surface area contributed by atoms with Crippen molar-refractivity contribution in [3.63, 3.8) is 0 Å². The summed E-state index contributed by atoms with van der Waals surface area (Å²) in [5.74, 6) is -0.748. The van der Waals surface area contributed by atoms with Crippen LogP contribution in [0.2, 0.25) is 0 Å². The molecule has 0 bridgehead atoms. The van der Waals surface area contributed by atoms with Crippen molar-refractivity contribution in [2.24, 2.45) is 0 Å². The Balaban J connectivity index is 2.12. The van der Waals surface area contributed by atoms with Crippen molar-refractivity contribution in [3.05, 3.63) is 89.5 Å². The molecule has 2 amide bonds. The monoisotopic (exact) mass is 591 g/mol. The Labute approximate surface area is 237 Å². The normalized spacial score (nSPS) is 12.4. The van der Waals surface area contributed by atoms with Gasteiger partial charge in [0.15, 0.2) is 0 Å². The number of carbonyl (C=O) groups is 2. The van der Waals surface area contributed by atoms with Crippen molar-refractivity contribution in [2.75, 3.05) is 25.0 Å². The summed E-state index contributed by atoms with van der Waals surface area (Å²) in [6.07, 6.45) is -4.55. The quantitative estimate of drug-likeness (QED) is 0.347. The van der Waals surface area contributed by atoms with E-state index in [4.69, 9.17) is 4.74 Å². The van der Waals surface area contributed by atoms with Gasteiger partial charge < -0.3 is 15.0 Å². The van der Waals surface area contributed by atoms with E-state index in [2.05, 4.69) is 5.32 Å². The number of hydrogen-bond acceptors (Lipinski definition) is 5. The zero-order chi connectivity index (χ0) is 30.4. The largest absolute Gasteiger partial charge is 0.497 e. The maximum Gasteiger partial charge on any atom is 0.416 e. The highest BCUT2D eigenvalue weighted by Gasteiger charge is 2.35. The van der Waals surface area contributed by atoms with Crippen molar-refractivity contribution in [1.29, 1.82) is 0 Å². The molecule has 0 saturated carbocycles. The van der Waals surface area contributed by atoms with Crippen LogP contribution in [-0.2, 0) is 32.3 Å². The van der Waals surface area contributed by atoms with E-state index in [-0.39, 0.29) is 23.5 Å². The van der Waals surface area contributed by atoms with E-state index in [0.29, 0.717) is 21.7 Å². The Hall–Kier alpha value is -4.06. The summed E-state index contributed by atoms with van der Waals surface area (Å²) in [6, 6.07) is 15.3. The maximum absolute atomic E-state index is 13.9. The zero-order valence-corrected chi connectivity index (χ0v) is 23.9. The van der Waals surface area contributed by atoms with Crippen molar-refractivity contribution >= 4 is 27.5 Å². The molecule has 0 aliphatic rings. The number of ether oxygens (including phenoxy) is 1. The number of aryl methyl sites for hydroxylation is 1. The van der Waals surface area contributed by atoms with Crippen LogP contribution in [0.4, 0.5) is 18.9 Å². The summed E-state index contributed by atoms with van der Waals surface area (Å²) in [7, 11) is -1.62. The fourth-order valence-corrected chi connectivity index (χ4v) is 5.66. The number of nitrogens with zero attached hydrogens (tertiary/aromatic N) is 2. The number of sulfonamides is 1. The number of halogens is 3. The Morgan fingerprint density at radius 3 is 2.24 bits per heavy atom. The molecule has 220 valence electrons. The molecule has 8 nitrogen and oxygen atoms in total. The Kier molecular flexibility index (Phi) is 10.0. The molecule has 0 aromatic heterocycles. The lowest BCUT2D eigenvalue weighted by Crippen LogP contribution is -2.51. The summed E-state index contributed by atoms with van der Waals surface area (Å²) < 4.78 is 74.2. The second kappa shape index (κ2) is 13.1. The number of alkyl halides is 3. The first-order valence-electron chi connectivity index (χ1n) is 12.7. The third-order valence-electron chi connectivity index (χ3n) is 6.47. The molecule has 3 aromatic rings. The summed E-state index contributed by atoms with van der Waals surface area (Å²) in [5.41, 5.74) is -0.0433. The lowest BCUT2D eigenvalue weighted by Gasteiger charge is -2.33. The molecule has 0 aliphatic heterocycles. The molecule has 12 heteroatoms. The van der Waals surface area contributed by atoms with Crippen LogP contribution in [0.5, 0.6) is 5.75 Å². The van der Waals surface area contributed by atoms with Gasteiger partial charge in [-0.05, 0) is 61.4 Å². The van der Waals surface area contributed by atoms with Gasteiger partial charge in [0.1, 0.15) is 18.3 Å². The highest BCUT2D eigenvalue weighted by molar-refractivity contribution is 7.92. The SMILES string of the molecule is CCC(C(=O)NC)N(Cc1cccc(OC)c1)C(=O)CN(c1cccc(C(F)(F)F)c1)S(=O)(=O)c1ccc(C)cc1. The minimum Gasteiger partial charge on any atom is -0.497 e. The smallest absolute Gasteiger partial charge is 0.416 e. The van der Waals surface area contributed by atoms with Crippen molar-refractivity contribution in [2.45, 2.75) is 43.9 Å². The zero-order valence-electron chi connectivity index (χ0n) is 23.1. The van der Waals surface area contributed by atoms with Crippen molar-refractivity contribution < 1.29 is 35.9 Å². The lowest BCUT2D eigenvalue weighted by molar-refractivity contribution is -0.140. The van der Waals surface area contributed by atoms with Gasteiger partial charge in [-0.15, -0.1) is 0 Å².